The van der Waals surface area contributed by atoms with E-state index in [1.54, 1.807) is 17.0 Å². The number of amides is 1. The summed E-state index contributed by atoms with van der Waals surface area (Å²) in [5.74, 6) is 0.865. The van der Waals surface area contributed by atoms with Crippen LogP contribution in [0.2, 0.25) is 0 Å². The van der Waals surface area contributed by atoms with Crippen LogP contribution in [0.5, 0.6) is 5.75 Å². The molecule has 10 nitrogen and oxygen atoms in total. The predicted octanol–water partition coefficient (Wildman–Crippen LogP) is 2.58. The van der Waals surface area contributed by atoms with E-state index in [1.165, 1.54) is 13.0 Å². The van der Waals surface area contributed by atoms with Gasteiger partial charge in [0.2, 0.25) is 5.95 Å². The smallest absolute Gasteiger partial charge is 0.308 e. The molecule has 1 amide bonds. The highest BCUT2D eigenvalue weighted by Crippen LogP contribution is 2.30. The van der Waals surface area contributed by atoms with E-state index in [-0.39, 0.29) is 17.7 Å². The molecule has 4 heterocycles. The molecule has 10 heteroatoms. The molecule has 35 heavy (non-hydrogen) atoms. The van der Waals surface area contributed by atoms with Gasteiger partial charge in [-0.3, -0.25) is 14.5 Å². The molecule has 0 spiro atoms. The van der Waals surface area contributed by atoms with Gasteiger partial charge in [0.15, 0.2) is 5.75 Å². The molecule has 0 unspecified atom stereocenters. The van der Waals surface area contributed by atoms with Crippen molar-refractivity contribution < 1.29 is 14.3 Å². The maximum absolute atomic E-state index is 12.9. The van der Waals surface area contributed by atoms with Crippen LogP contribution in [0.25, 0.3) is 0 Å². The second-order valence-electron chi connectivity index (χ2n) is 9.08. The first-order valence-electron chi connectivity index (χ1n) is 11.4. The molecule has 2 aliphatic heterocycles. The summed E-state index contributed by atoms with van der Waals surface area (Å²) < 4.78 is 5.10. The Kier molecular flexibility index (Phi) is 5.81. The highest BCUT2D eigenvalue weighted by Gasteiger charge is 2.38. The summed E-state index contributed by atoms with van der Waals surface area (Å²) in [5.41, 5.74) is 10.7. The van der Waals surface area contributed by atoms with Gasteiger partial charge >= 0.3 is 5.97 Å². The average molecular weight is 474 g/mol. The maximum Gasteiger partial charge on any atom is 0.308 e. The summed E-state index contributed by atoms with van der Waals surface area (Å²) in [6, 6.07) is 8.98. The Hall–Kier alpha value is -4.05. The number of benzene rings is 1. The van der Waals surface area contributed by atoms with Gasteiger partial charge in [0.1, 0.15) is 5.82 Å². The minimum absolute atomic E-state index is 0.112. The molecule has 0 radical (unpaired) electrons. The highest BCUT2D eigenvalue weighted by molar-refractivity contribution is 5.96. The first-order valence-corrected chi connectivity index (χ1v) is 11.4. The van der Waals surface area contributed by atoms with Crippen molar-refractivity contribution in [3.05, 3.63) is 64.6 Å². The van der Waals surface area contributed by atoms with E-state index >= 15 is 0 Å². The number of carbonyl (C=O) groups is 2. The van der Waals surface area contributed by atoms with Gasteiger partial charge in [0.05, 0.1) is 11.4 Å². The van der Waals surface area contributed by atoms with Crippen molar-refractivity contribution in [2.75, 3.05) is 24.1 Å². The number of likely N-dealkylation sites (tertiary alicyclic amines) is 1. The van der Waals surface area contributed by atoms with Crippen LogP contribution in [0, 0.1) is 13.8 Å². The molecule has 1 fully saturated rings. The second kappa shape index (κ2) is 8.95. The van der Waals surface area contributed by atoms with E-state index < -0.39 is 5.97 Å². The van der Waals surface area contributed by atoms with E-state index in [0.29, 0.717) is 36.8 Å². The van der Waals surface area contributed by atoms with Crippen LogP contribution >= 0.6 is 0 Å². The molecule has 1 aromatic carbocycles. The Labute approximate surface area is 203 Å². The SMILES string of the molecule is CC(=O)Oc1cc(C(=O)N2CC(N3Cc4cnc(Nc5cc(C)cc(C)n5)nc4C3)C2)ccc1N. The summed E-state index contributed by atoms with van der Waals surface area (Å²) >= 11 is 0. The van der Waals surface area contributed by atoms with Crippen molar-refractivity contribution in [1.29, 1.82) is 0 Å². The number of carbonyl (C=O) groups excluding carboxylic acids is 2. The monoisotopic (exact) mass is 473 g/mol. The fourth-order valence-corrected chi connectivity index (χ4v) is 4.46. The van der Waals surface area contributed by atoms with Crippen molar-refractivity contribution in [2.45, 2.75) is 39.9 Å². The average Bonchev–Trinajstić information content (AvgIpc) is 3.15. The molecule has 180 valence electrons. The number of anilines is 3. The van der Waals surface area contributed by atoms with E-state index in [1.807, 2.05) is 32.2 Å². The van der Waals surface area contributed by atoms with Crippen LogP contribution < -0.4 is 15.8 Å². The number of fused-ring (bicyclic) bond motifs is 1. The topological polar surface area (TPSA) is 127 Å². The Morgan fingerprint density at radius 2 is 1.91 bits per heavy atom. The number of nitrogens with two attached hydrogens (primary N) is 1. The third-order valence-electron chi connectivity index (χ3n) is 6.20. The summed E-state index contributed by atoms with van der Waals surface area (Å²) in [6.45, 7) is 7.97. The van der Waals surface area contributed by atoms with Gasteiger partial charge in [-0.2, -0.15) is 0 Å². The minimum atomic E-state index is -0.481. The number of nitrogen functional groups attached to an aromatic ring is 1. The predicted molar refractivity (Wildman–Crippen MR) is 130 cm³/mol. The van der Waals surface area contributed by atoms with Crippen LogP contribution in [0.1, 0.15) is 39.8 Å². The molecular weight excluding hydrogens is 446 g/mol. The summed E-state index contributed by atoms with van der Waals surface area (Å²) in [6.07, 6.45) is 1.86. The summed E-state index contributed by atoms with van der Waals surface area (Å²) in [5, 5.41) is 3.20. The Balaban J connectivity index is 1.20. The standard InChI is InChI=1S/C25H27N7O3/c1-14-6-15(2)28-23(7-14)30-25-27-9-18-10-31(13-21(18)29-25)19-11-32(12-19)24(34)17-4-5-20(26)22(8-17)35-16(3)33/h4-9,19H,10-13,26H2,1-3H3,(H,27,28,29,30). The van der Waals surface area contributed by atoms with E-state index in [2.05, 4.69) is 20.2 Å². The van der Waals surface area contributed by atoms with E-state index in [0.717, 1.165) is 34.9 Å². The number of aryl methyl sites for hydroxylation is 2. The molecule has 1 saturated heterocycles. The van der Waals surface area contributed by atoms with Gasteiger partial charge in [-0.25, -0.2) is 15.0 Å². The molecule has 0 saturated carbocycles. The number of nitrogens with one attached hydrogen (secondary N) is 1. The largest absolute Gasteiger partial charge is 0.424 e. The van der Waals surface area contributed by atoms with Crippen molar-refractivity contribution in [2.24, 2.45) is 0 Å². The zero-order valence-electron chi connectivity index (χ0n) is 19.9. The third kappa shape index (κ3) is 4.78. The Morgan fingerprint density at radius 3 is 2.66 bits per heavy atom. The molecule has 0 atom stereocenters. The number of nitrogens with zero attached hydrogens (tertiary/aromatic N) is 5. The Bertz CT molecular complexity index is 1300. The van der Waals surface area contributed by atoms with E-state index in [9.17, 15) is 9.59 Å². The van der Waals surface area contributed by atoms with Crippen molar-refractivity contribution in [3.63, 3.8) is 0 Å². The fourth-order valence-electron chi connectivity index (χ4n) is 4.46. The van der Waals surface area contributed by atoms with Crippen LogP contribution in [0.3, 0.4) is 0 Å². The third-order valence-corrected chi connectivity index (χ3v) is 6.20. The Morgan fingerprint density at radius 1 is 1.11 bits per heavy atom. The van der Waals surface area contributed by atoms with Crippen molar-refractivity contribution in [1.82, 2.24) is 24.8 Å². The molecule has 0 aliphatic carbocycles. The van der Waals surface area contributed by atoms with Gasteiger partial charge in [-0.15, -0.1) is 0 Å². The van der Waals surface area contributed by atoms with Gasteiger partial charge in [-0.1, -0.05) is 0 Å². The van der Waals surface area contributed by atoms with Crippen LogP contribution in [0.15, 0.2) is 36.5 Å². The maximum atomic E-state index is 12.9. The minimum Gasteiger partial charge on any atom is -0.424 e. The number of rotatable bonds is 5. The molecule has 2 aliphatic rings. The van der Waals surface area contributed by atoms with Gasteiger partial charge in [-0.05, 0) is 49.7 Å². The first kappa shape index (κ1) is 22.7. The number of ether oxygens (including phenoxy) is 1. The molecular formula is C25H27N7O3. The quantitative estimate of drug-likeness (QED) is 0.326. The van der Waals surface area contributed by atoms with Crippen LogP contribution in [-0.2, 0) is 17.9 Å². The number of esters is 1. The van der Waals surface area contributed by atoms with Gasteiger partial charge in [0.25, 0.3) is 5.91 Å². The lowest BCUT2D eigenvalue weighted by molar-refractivity contribution is -0.131. The lowest BCUT2D eigenvalue weighted by Crippen LogP contribution is -2.59. The zero-order chi connectivity index (χ0) is 24.7. The summed E-state index contributed by atoms with van der Waals surface area (Å²) in [4.78, 5) is 41.9. The highest BCUT2D eigenvalue weighted by atomic mass is 16.5. The lowest BCUT2D eigenvalue weighted by atomic mass is 10.0. The molecule has 0 bridgehead atoms. The van der Waals surface area contributed by atoms with Gasteiger partial charge in [0, 0.05) is 62.2 Å². The molecule has 5 rings (SSSR count). The normalized spacial score (nSPS) is 15.5. The zero-order valence-corrected chi connectivity index (χ0v) is 19.9. The lowest BCUT2D eigenvalue weighted by Gasteiger charge is -2.44. The van der Waals surface area contributed by atoms with Gasteiger partial charge < -0.3 is 20.7 Å². The molecule has 3 aromatic rings. The first-order chi connectivity index (χ1) is 16.7. The van der Waals surface area contributed by atoms with E-state index in [4.69, 9.17) is 15.5 Å². The van der Waals surface area contributed by atoms with Crippen LogP contribution in [-0.4, -0.2) is 55.8 Å². The number of pyridine rings is 1. The number of hydrogen-bond donors (Lipinski definition) is 2. The van der Waals surface area contributed by atoms with Crippen molar-refractivity contribution in [3.8, 4) is 5.75 Å². The molecule has 3 N–H and O–H groups in total. The number of hydrogen-bond acceptors (Lipinski definition) is 9. The fraction of sp³-hybridized carbons (Fsp3) is 0.320. The molecule has 2 aromatic heterocycles. The number of aromatic nitrogens is 3. The van der Waals surface area contributed by atoms with Crippen molar-refractivity contribution >= 4 is 29.3 Å². The summed E-state index contributed by atoms with van der Waals surface area (Å²) in [7, 11) is 0. The van der Waals surface area contributed by atoms with Crippen LogP contribution in [0.4, 0.5) is 17.5 Å². The second-order valence-corrected chi connectivity index (χ2v) is 9.08.